The molecule has 1 amide bonds. The highest BCUT2D eigenvalue weighted by atomic mass is 16.5. The molecule has 1 aliphatic carbocycles. The first-order chi connectivity index (χ1) is 10.6. The Balaban J connectivity index is 1.49. The van der Waals surface area contributed by atoms with Gasteiger partial charge in [-0.05, 0) is 32.3 Å². The Morgan fingerprint density at radius 3 is 2.45 bits per heavy atom. The van der Waals surface area contributed by atoms with Crippen LogP contribution in [0.1, 0.15) is 32.3 Å². The standard InChI is InChI=1S/C18H26N2O2/c1-14-10-20(11-15(2)22-14)12-17(21)19-13-18(8-9-18)16-6-4-3-5-7-16/h3-7,14-15H,8-13H2,1-2H3,(H,19,21)/t14-,15-/m0/s1. The molecule has 3 rings (SSSR count). The highest BCUT2D eigenvalue weighted by molar-refractivity contribution is 5.78. The van der Waals surface area contributed by atoms with Crippen LogP contribution in [-0.2, 0) is 14.9 Å². The highest BCUT2D eigenvalue weighted by Crippen LogP contribution is 2.47. The molecule has 0 aromatic heterocycles. The summed E-state index contributed by atoms with van der Waals surface area (Å²) in [6.45, 7) is 7.03. The van der Waals surface area contributed by atoms with E-state index in [1.54, 1.807) is 0 Å². The van der Waals surface area contributed by atoms with Gasteiger partial charge in [-0.15, -0.1) is 0 Å². The molecular formula is C18H26N2O2. The topological polar surface area (TPSA) is 41.6 Å². The first-order valence-electron chi connectivity index (χ1n) is 8.27. The van der Waals surface area contributed by atoms with E-state index in [-0.39, 0.29) is 23.5 Å². The van der Waals surface area contributed by atoms with Crippen LogP contribution in [0.2, 0.25) is 0 Å². The van der Waals surface area contributed by atoms with Crippen LogP contribution in [0.3, 0.4) is 0 Å². The van der Waals surface area contributed by atoms with E-state index >= 15 is 0 Å². The minimum atomic E-state index is 0.128. The molecule has 1 aromatic rings. The largest absolute Gasteiger partial charge is 0.373 e. The maximum absolute atomic E-state index is 12.2. The Morgan fingerprint density at radius 2 is 1.86 bits per heavy atom. The van der Waals surface area contributed by atoms with E-state index in [2.05, 4.69) is 48.3 Å². The lowest BCUT2D eigenvalue weighted by Crippen LogP contribution is -2.49. The van der Waals surface area contributed by atoms with Crippen LogP contribution in [0.15, 0.2) is 30.3 Å². The molecule has 1 N–H and O–H groups in total. The molecule has 0 radical (unpaired) electrons. The smallest absolute Gasteiger partial charge is 0.234 e. The number of hydrogen-bond acceptors (Lipinski definition) is 3. The lowest BCUT2D eigenvalue weighted by Gasteiger charge is -2.34. The van der Waals surface area contributed by atoms with Crippen LogP contribution < -0.4 is 5.32 Å². The molecule has 120 valence electrons. The Bertz CT molecular complexity index is 503. The predicted octanol–water partition coefficient (Wildman–Crippen LogP) is 1.94. The first-order valence-corrected chi connectivity index (χ1v) is 8.27. The minimum Gasteiger partial charge on any atom is -0.373 e. The summed E-state index contributed by atoms with van der Waals surface area (Å²) in [5.74, 6) is 0.128. The van der Waals surface area contributed by atoms with E-state index in [9.17, 15) is 4.79 Å². The van der Waals surface area contributed by atoms with Crippen LogP contribution in [0.5, 0.6) is 0 Å². The molecule has 1 saturated carbocycles. The lowest BCUT2D eigenvalue weighted by atomic mass is 9.96. The third-order valence-corrected chi connectivity index (χ3v) is 4.73. The number of ether oxygens (including phenoxy) is 1. The van der Waals surface area contributed by atoms with Gasteiger partial charge >= 0.3 is 0 Å². The van der Waals surface area contributed by atoms with Crippen LogP contribution in [-0.4, -0.2) is 49.2 Å². The minimum absolute atomic E-state index is 0.128. The fraction of sp³-hybridized carbons (Fsp3) is 0.611. The SMILES string of the molecule is C[C@H]1CN(CC(=O)NCC2(c3ccccc3)CC2)C[C@H](C)O1. The van der Waals surface area contributed by atoms with Gasteiger partial charge in [-0.2, -0.15) is 0 Å². The average Bonchev–Trinajstić information content (AvgIpc) is 3.26. The van der Waals surface area contributed by atoms with E-state index in [4.69, 9.17) is 4.74 Å². The molecule has 4 nitrogen and oxygen atoms in total. The number of hydrogen-bond donors (Lipinski definition) is 1. The van der Waals surface area contributed by atoms with Crippen molar-refractivity contribution in [2.24, 2.45) is 0 Å². The van der Waals surface area contributed by atoms with Gasteiger partial charge < -0.3 is 10.1 Å². The lowest BCUT2D eigenvalue weighted by molar-refractivity contribution is -0.126. The third kappa shape index (κ3) is 3.68. The van der Waals surface area contributed by atoms with Crippen LogP contribution in [0, 0.1) is 0 Å². The Labute approximate surface area is 132 Å². The molecule has 2 aliphatic rings. The number of rotatable bonds is 5. The van der Waals surface area contributed by atoms with E-state index in [1.807, 2.05) is 6.07 Å². The number of carbonyl (C=O) groups is 1. The van der Waals surface area contributed by atoms with Gasteiger partial charge in [0.25, 0.3) is 0 Å². The average molecular weight is 302 g/mol. The normalized spacial score (nSPS) is 27.4. The monoisotopic (exact) mass is 302 g/mol. The summed E-state index contributed by atoms with van der Waals surface area (Å²) in [7, 11) is 0. The number of benzene rings is 1. The van der Waals surface area contributed by atoms with Gasteiger partial charge in [0.1, 0.15) is 0 Å². The number of nitrogens with one attached hydrogen (secondary N) is 1. The van der Waals surface area contributed by atoms with Crippen molar-refractivity contribution >= 4 is 5.91 Å². The summed E-state index contributed by atoms with van der Waals surface area (Å²) in [5, 5.41) is 3.14. The van der Waals surface area contributed by atoms with Crippen molar-refractivity contribution in [3.63, 3.8) is 0 Å². The molecule has 0 unspecified atom stereocenters. The molecule has 1 aromatic carbocycles. The summed E-state index contributed by atoms with van der Waals surface area (Å²) in [6.07, 6.45) is 2.75. The maximum Gasteiger partial charge on any atom is 0.234 e. The fourth-order valence-electron chi connectivity index (χ4n) is 3.45. The molecule has 22 heavy (non-hydrogen) atoms. The zero-order valence-corrected chi connectivity index (χ0v) is 13.5. The van der Waals surface area contributed by atoms with Crippen molar-refractivity contribution in [2.45, 2.75) is 44.3 Å². The van der Waals surface area contributed by atoms with Crippen molar-refractivity contribution in [1.82, 2.24) is 10.2 Å². The zero-order chi connectivity index (χ0) is 15.6. The van der Waals surface area contributed by atoms with Gasteiger partial charge in [0.15, 0.2) is 0 Å². The molecule has 1 heterocycles. The van der Waals surface area contributed by atoms with Gasteiger partial charge in [-0.25, -0.2) is 0 Å². The molecule has 2 fully saturated rings. The highest BCUT2D eigenvalue weighted by Gasteiger charge is 2.44. The second-order valence-corrected chi connectivity index (χ2v) is 6.87. The van der Waals surface area contributed by atoms with Crippen LogP contribution >= 0.6 is 0 Å². The second-order valence-electron chi connectivity index (χ2n) is 6.87. The third-order valence-electron chi connectivity index (χ3n) is 4.73. The number of morpholine rings is 1. The van der Waals surface area contributed by atoms with E-state index in [1.165, 1.54) is 18.4 Å². The van der Waals surface area contributed by atoms with Gasteiger partial charge in [-0.1, -0.05) is 30.3 Å². The molecule has 0 bridgehead atoms. The maximum atomic E-state index is 12.2. The summed E-state index contributed by atoms with van der Waals surface area (Å²) in [4.78, 5) is 14.4. The molecule has 2 atom stereocenters. The van der Waals surface area contributed by atoms with Crippen molar-refractivity contribution in [2.75, 3.05) is 26.2 Å². The van der Waals surface area contributed by atoms with Crippen molar-refractivity contribution < 1.29 is 9.53 Å². The Kier molecular flexibility index (Phi) is 4.50. The zero-order valence-electron chi connectivity index (χ0n) is 13.5. The quantitative estimate of drug-likeness (QED) is 0.904. The Morgan fingerprint density at radius 1 is 1.23 bits per heavy atom. The van der Waals surface area contributed by atoms with Gasteiger partial charge in [0.2, 0.25) is 5.91 Å². The molecule has 1 aliphatic heterocycles. The molecule has 4 heteroatoms. The Hall–Kier alpha value is -1.39. The van der Waals surface area contributed by atoms with Crippen LogP contribution in [0.25, 0.3) is 0 Å². The van der Waals surface area contributed by atoms with Gasteiger partial charge in [0, 0.05) is 25.0 Å². The fourth-order valence-corrected chi connectivity index (χ4v) is 3.45. The van der Waals surface area contributed by atoms with Gasteiger partial charge in [-0.3, -0.25) is 9.69 Å². The first kappa shape index (κ1) is 15.5. The molecule has 0 spiro atoms. The van der Waals surface area contributed by atoms with Crippen LogP contribution in [0.4, 0.5) is 0 Å². The molecule has 1 saturated heterocycles. The second kappa shape index (κ2) is 6.39. The summed E-state index contributed by atoms with van der Waals surface area (Å²) in [6, 6.07) is 10.5. The number of carbonyl (C=O) groups excluding carboxylic acids is 1. The molecular weight excluding hydrogens is 276 g/mol. The van der Waals surface area contributed by atoms with Gasteiger partial charge in [0.05, 0.1) is 18.8 Å². The summed E-state index contributed by atoms with van der Waals surface area (Å²) < 4.78 is 5.71. The summed E-state index contributed by atoms with van der Waals surface area (Å²) in [5.41, 5.74) is 1.53. The predicted molar refractivity (Wildman–Crippen MR) is 86.8 cm³/mol. The van der Waals surface area contributed by atoms with E-state index < -0.39 is 0 Å². The van der Waals surface area contributed by atoms with Crippen molar-refractivity contribution in [3.05, 3.63) is 35.9 Å². The van der Waals surface area contributed by atoms with Crippen molar-refractivity contribution in [3.8, 4) is 0 Å². The van der Waals surface area contributed by atoms with E-state index in [0.29, 0.717) is 6.54 Å². The summed E-state index contributed by atoms with van der Waals surface area (Å²) >= 11 is 0. The van der Waals surface area contributed by atoms with E-state index in [0.717, 1.165) is 19.6 Å². The number of amides is 1. The number of nitrogens with zero attached hydrogens (tertiary/aromatic N) is 1. The van der Waals surface area contributed by atoms with Crippen molar-refractivity contribution in [1.29, 1.82) is 0 Å².